The minimum atomic E-state index is -0.452. The van der Waals surface area contributed by atoms with Crippen molar-refractivity contribution in [1.82, 2.24) is 9.78 Å². The summed E-state index contributed by atoms with van der Waals surface area (Å²) >= 11 is 5.99. The molecule has 0 saturated heterocycles. The van der Waals surface area contributed by atoms with E-state index >= 15 is 0 Å². The smallest absolute Gasteiger partial charge is 0.269 e. The molecule has 0 fully saturated rings. The highest BCUT2D eigenvalue weighted by molar-refractivity contribution is 6.34. The van der Waals surface area contributed by atoms with E-state index in [-0.39, 0.29) is 23.8 Å². The highest BCUT2D eigenvalue weighted by Crippen LogP contribution is 2.29. The number of allylic oxidation sites excluding steroid dienone is 1. The molecule has 1 heterocycles. The standard InChI is InChI=1S/C21H18ClN3O5/c1-24-12-17(22)21(23-24)18(26)9-5-14-6-10-19(20(11-14)29-2)30-13-15-3-7-16(8-4-15)25(27)28/h3-12H,13H2,1-2H3/b9-5+. The summed E-state index contributed by atoms with van der Waals surface area (Å²) < 4.78 is 12.6. The maximum Gasteiger partial charge on any atom is 0.269 e. The molecular weight excluding hydrogens is 410 g/mol. The third kappa shape index (κ3) is 5.03. The molecule has 0 atom stereocenters. The summed E-state index contributed by atoms with van der Waals surface area (Å²) in [4.78, 5) is 22.5. The first-order valence-electron chi connectivity index (χ1n) is 8.83. The van der Waals surface area contributed by atoms with Gasteiger partial charge in [-0.1, -0.05) is 23.7 Å². The number of methoxy groups -OCH3 is 1. The van der Waals surface area contributed by atoms with Gasteiger partial charge < -0.3 is 9.47 Å². The predicted octanol–water partition coefficient (Wildman–Crippen LogP) is 4.47. The molecule has 8 nitrogen and oxygen atoms in total. The number of carbonyl (C=O) groups excluding carboxylic acids is 1. The number of rotatable bonds is 8. The van der Waals surface area contributed by atoms with Gasteiger partial charge in [0.1, 0.15) is 6.61 Å². The Labute approximate surface area is 177 Å². The van der Waals surface area contributed by atoms with Gasteiger partial charge in [0.2, 0.25) is 5.78 Å². The van der Waals surface area contributed by atoms with Crippen LogP contribution in [0.15, 0.2) is 54.7 Å². The lowest BCUT2D eigenvalue weighted by atomic mass is 10.1. The van der Waals surface area contributed by atoms with Crippen LogP contribution in [0.1, 0.15) is 21.6 Å². The van der Waals surface area contributed by atoms with Crippen molar-refractivity contribution in [1.29, 1.82) is 0 Å². The maximum absolute atomic E-state index is 12.3. The zero-order chi connectivity index (χ0) is 21.7. The number of non-ortho nitro benzene ring substituents is 1. The average molecular weight is 428 g/mol. The lowest BCUT2D eigenvalue weighted by molar-refractivity contribution is -0.384. The van der Waals surface area contributed by atoms with E-state index < -0.39 is 4.92 Å². The molecule has 0 N–H and O–H groups in total. The van der Waals surface area contributed by atoms with Gasteiger partial charge in [0, 0.05) is 25.4 Å². The van der Waals surface area contributed by atoms with E-state index in [1.807, 2.05) is 0 Å². The lowest BCUT2D eigenvalue weighted by Gasteiger charge is -2.11. The Morgan fingerprint density at radius 3 is 2.57 bits per heavy atom. The zero-order valence-corrected chi connectivity index (χ0v) is 17.0. The Morgan fingerprint density at radius 2 is 1.97 bits per heavy atom. The van der Waals surface area contributed by atoms with E-state index in [2.05, 4.69) is 5.10 Å². The van der Waals surface area contributed by atoms with Gasteiger partial charge in [0.25, 0.3) is 5.69 Å². The van der Waals surface area contributed by atoms with Crippen molar-refractivity contribution in [3.63, 3.8) is 0 Å². The molecule has 0 bridgehead atoms. The molecule has 0 aliphatic heterocycles. The Kier molecular flexibility index (Phi) is 6.48. The molecule has 3 aromatic rings. The highest BCUT2D eigenvalue weighted by atomic mass is 35.5. The molecule has 0 radical (unpaired) electrons. The monoisotopic (exact) mass is 427 g/mol. The van der Waals surface area contributed by atoms with Gasteiger partial charge in [0.15, 0.2) is 17.2 Å². The number of hydrogen-bond donors (Lipinski definition) is 0. The normalized spacial score (nSPS) is 10.9. The number of carbonyl (C=O) groups is 1. The molecule has 30 heavy (non-hydrogen) atoms. The van der Waals surface area contributed by atoms with Crippen molar-refractivity contribution in [2.45, 2.75) is 6.61 Å². The van der Waals surface area contributed by atoms with Gasteiger partial charge in [0.05, 0.1) is 17.1 Å². The number of aryl methyl sites for hydroxylation is 1. The van der Waals surface area contributed by atoms with Crippen LogP contribution < -0.4 is 9.47 Å². The van der Waals surface area contributed by atoms with Crippen LogP contribution in [0.4, 0.5) is 5.69 Å². The van der Waals surface area contributed by atoms with Gasteiger partial charge in [-0.25, -0.2) is 0 Å². The fourth-order valence-corrected chi connectivity index (χ4v) is 2.93. The predicted molar refractivity (Wildman–Crippen MR) is 112 cm³/mol. The SMILES string of the molecule is COc1cc(/C=C/C(=O)c2nn(C)cc2Cl)ccc1OCc1ccc([N+](=O)[O-])cc1. The van der Waals surface area contributed by atoms with Gasteiger partial charge in [-0.2, -0.15) is 5.10 Å². The van der Waals surface area contributed by atoms with Crippen molar-refractivity contribution >= 4 is 29.1 Å². The summed E-state index contributed by atoms with van der Waals surface area (Å²) in [5.74, 6) is 0.688. The second kappa shape index (κ2) is 9.23. The van der Waals surface area contributed by atoms with Crippen LogP contribution in [0.2, 0.25) is 5.02 Å². The molecule has 0 aliphatic rings. The number of benzene rings is 2. The van der Waals surface area contributed by atoms with Crippen LogP contribution >= 0.6 is 11.6 Å². The molecule has 0 saturated carbocycles. The molecule has 1 aromatic heterocycles. The van der Waals surface area contributed by atoms with Crippen molar-refractivity contribution in [2.24, 2.45) is 7.05 Å². The quantitative estimate of drug-likeness (QED) is 0.228. The van der Waals surface area contributed by atoms with Crippen molar-refractivity contribution in [3.05, 3.63) is 86.7 Å². The summed E-state index contributed by atoms with van der Waals surface area (Å²) in [6, 6.07) is 11.4. The molecule has 2 aromatic carbocycles. The molecular formula is C21H18ClN3O5. The minimum Gasteiger partial charge on any atom is -0.493 e. The van der Waals surface area contributed by atoms with E-state index in [1.54, 1.807) is 49.7 Å². The molecule has 0 spiro atoms. The number of ketones is 1. The second-order valence-electron chi connectivity index (χ2n) is 6.32. The fourth-order valence-electron chi connectivity index (χ4n) is 2.66. The number of nitro benzene ring substituents is 1. The van der Waals surface area contributed by atoms with Crippen molar-refractivity contribution in [3.8, 4) is 11.5 Å². The number of hydrogen-bond acceptors (Lipinski definition) is 6. The van der Waals surface area contributed by atoms with E-state index in [0.29, 0.717) is 16.5 Å². The van der Waals surface area contributed by atoms with Crippen LogP contribution in [0.3, 0.4) is 0 Å². The van der Waals surface area contributed by atoms with Crippen LogP contribution in [0.5, 0.6) is 11.5 Å². The largest absolute Gasteiger partial charge is 0.493 e. The molecule has 0 aliphatic carbocycles. The molecule has 0 unspecified atom stereocenters. The van der Waals surface area contributed by atoms with Crippen LogP contribution in [-0.2, 0) is 13.7 Å². The van der Waals surface area contributed by atoms with E-state index in [9.17, 15) is 14.9 Å². The summed E-state index contributed by atoms with van der Waals surface area (Å²) in [6.45, 7) is 0.222. The summed E-state index contributed by atoms with van der Waals surface area (Å²) in [7, 11) is 3.20. The van der Waals surface area contributed by atoms with Crippen molar-refractivity contribution in [2.75, 3.05) is 7.11 Å². The molecule has 154 valence electrons. The lowest BCUT2D eigenvalue weighted by Crippen LogP contribution is -1.99. The second-order valence-corrected chi connectivity index (χ2v) is 6.73. The third-order valence-electron chi connectivity index (χ3n) is 4.17. The third-order valence-corrected chi connectivity index (χ3v) is 4.45. The minimum absolute atomic E-state index is 0.0222. The summed E-state index contributed by atoms with van der Waals surface area (Å²) in [6.07, 6.45) is 4.58. The Balaban J connectivity index is 1.69. The molecule has 9 heteroatoms. The number of nitro groups is 1. The maximum atomic E-state index is 12.3. The van der Waals surface area contributed by atoms with Gasteiger partial charge in [-0.15, -0.1) is 0 Å². The topological polar surface area (TPSA) is 96.5 Å². The first-order chi connectivity index (χ1) is 14.4. The summed E-state index contributed by atoms with van der Waals surface area (Å²) in [5.41, 5.74) is 1.72. The Hall–Kier alpha value is -3.65. The number of nitrogens with zero attached hydrogens (tertiary/aromatic N) is 3. The number of aromatic nitrogens is 2. The van der Waals surface area contributed by atoms with Gasteiger partial charge in [-0.3, -0.25) is 19.6 Å². The zero-order valence-electron chi connectivity index (χ0n) is 16.2. The molecule has 0 amide bonds. The van der Waals surface area contributed by atoms with Gasteiger partial charge >= 0.3 is 0 Å². The fraction of sp³-hybridized carbons (Fsp3) is 0.143. The summed E-state index contributed by atoms with van der Waals surface area (Å²) in [5, 5.41) is 15.1. The first-order valence-corrected chi connectivity index (χ1v) is 9.21. The van der Waals surface area contributed by atoms with E-state index in [4.69, 9.17) is 21.1 Å². The van der Waals surface area contributed by atoms with Crippen molar-refractivity contribution < 1.29 is 19.2 Å². The van der Waals surface area contributed by atoms with Crippen LogP contribution in [0, 0.1) is 10.1 Å². The molecule has 3 rings (SSSR count). The Morgan fingerprint density at radius 1 is 1.23 bits per heavy atom. The average Bonchev–Trinajstić information content (AvgIpc) is 3.09. The highest BCUT2D eigenvalue weighted by Gasteiger charge is 2.12. The number of halogens is 1. The number of ether oxygens (including phenoxy) is 2. The van der Waals surface area contributed by atoms with E-state index in [1.165, 1.54) is 30.0 Å². The van der Waals surface area contributed by atoms with Crippen LogP contribution in [0.25, 0.3) is 6.08 Å². The first kappa shape index (κ1) is 21.1. The Bertz CT molecular complexity index is 1110. The van der Waals surface area contributed by atoms with E-state index in [0.717, 1.165) is 11.1 Å². The van der Waals surface area contributed by atoms with Crippen LogP contribution in [-0.4, -0.2) is 27.6 Å². The van der Waals surface area contributed by atoms with Gasteiger partial charge in [-0.05, 0) is 41.5 Å².